The molecule has 0 aliphatic heterocycles. The molecular formula is C25H24N4O4. The molecule has 0 radical (unpaired) electrons. The van der Waals surface area contributed by atoms with Crippen LogP contribution in [0.4, 0.5) is 0 Å². The lowest BCUT2D eigenvalue weighted by Gasteiger charge is -2.09. The molecule has 0 saturated carbocycles. The van der Waals surface area contributed by atoms with Gasteiger partial charge in [-0.05, 0) is 36.2 Å². The molecule has 2 N–H and O–H groups in total. The molecule has 8 nitrogen and oxygen atoms in total. The Labute approximate surface area is 191 Å². The van der Waals surface area contributed by atoms with E-state index in [2.05, 4.69) is 16.0 Å². The molecule has 0 bridgehead atoms. The summed E-state index contributed by atoms with van der Waals surface area (Å²) in [6.07, 6.45) is 2.13. The third kappa shape index (κ3) is 5.48. The number of ether oxygens (including phenoxy) is 1. The van der Waals surface area contributed by atoms with E-state index in [1.54, 1.807) is 10.7 Å². The first kappa shape index (κ1) is 21.9. The Hall–Kier alpha value is -4.33. The molecule has 0 spiro atoms. The molecule has 0 unspecified atom stereocenters. The predicted octanol–water partition coefficient (Wildman–Crippen LogP) is 3.74. The minimum atomic E-state index is -0.566. The second-order valence-corrected chi connectivity index (χ2v) is 7.28. The van der Waals surface area contributed by atoms with Crippen molar-refractivity contribution in [1.82, 2.24) is 20.6 Å². The summed E-state index contributed by atoms with van der Waals surface area (Å²) in [5.74, 6) is 0.248. The molecule has 4 aromatic rings. The topological polar surface area (TPSA) is 98.4 Å². The molecule has 2 aromatic carbocycles. The van der Waals surface area contributed by atoms with Crippen LogP contribution >= 0.6 is 0 Å². The summed E-state index contributed by atoms with van der Waals surface area (Å²) in [6.45, 7) is 2.70. The quantitative estimate of drug-likeness (QED) is 0.404. The van der Waals surface area contributed by atoms with Crippen molar-refractivity contribution in [3.63, 3.8) is 0 Å². The Morgan fingerprint density at radius 2 is 1.64 bits per heavy atom. The normalized spacial score (nSPS) is 10.6. The number of aromatic nitrogens is 2. The zero-order valence-corrected chi connectivity index (χ0v) is 18.2. The van der Waals surface area contributed by atoms with Gasteiger partial charge in [-0.2, -0.15) is 5.10 Å². The van der Waals surface area contributed by atoms with Crippen LogP contribution in [0.1, 0.15) is 44.9 Å². The number of rotatable bonds is 8. The lowest BCUT2D eigenvalue weighted by Crippen LogP contribution is -2.41. The van der Waals surface area contributed by atoms with Gasteiger partial charge in [-0.15, -0.1) is 0 Å². The summed E-state index contributed by atoms with van der Waals surface area (Å²) in [7, 11) is 0. The van der Waals surface area contributed by atoms with Gasteiger partial charge in [0, 0.05) is 0 Å². The molecule has 0 fully saturated rings. The van der Waals surface area contributed by atoms with Gasteiger partial charge < -0.3 is 9.15 Å². The fraction of sp³-hybridized carbons (Fsp3) is 0.160. The summed E-state index contributed by atoms with van der Waals surface area (Å²) < 4.78 is 12.9. The van der Waals surface area contributed by atoms with Gasteiger partial charge in [0.15, 0.2) is 5.76 Å². The van der Waals surface area contributed by atoms with Crippen molar-refractivity contribution in [2.75, 3.05) is 0 Å². The molecule has 0 saturated heterocycles. The Morgan fingerprint density at radius 3 is 2.36 bits per heavy atom. The van der Waals surface area contributed by atoms with Crippen molar-refractivity contribution in [3.05, 3.63) is 107 Å². The molecule has 2 amide bonds. The monoisotopic (exact) mass is 444 g/mol. The van der Waals surface area contributed by atoms with Gasteiger partial charge in [-0.3, -0.25) is 25.1 Å². The highest BCUT2D eigenvalue weighted by molar-refractivity contribution is 5.98. The SMILES string of the molecule is CCc1c(C(=O)NNC(=O)c2ccc(COc3ccccc3)o2)cnn1Cc1ccccc1. The Bertz CT molecular complexity index is 1220. The highest BCUT2D eigenvalue weighted by Gasteiger charge is 2.18. The molecule has 2 heterocycles. The number of hydrogen-bond acceptors (Lipinski definition) is 5. The minimum Gasteiger partial charge on any atom is -0.486 e. The van der Waals surface area contributed by atoms with Gasteiger partial charge in [-0.1, -0.05) is 55.5 Å². The summed E-state index contributed by atoms with van der Waals surface area (Å²) in [6, 6.07) is 22.4. The van der Waals surface area contributed by atoms with Crippen LogP contribution < -0.4 is 15.6 Å². The van der Waals surface area contributed by atoms with E-state index in [0.29, 0.717) is 30.0 Å². The summed E-state index contributed by atoms with van der Waals surface area (Å²) in [5.41, 5.74) is 7.09. The number of hydrazine groups is 1. The van der Waals surface area contributed by atoms with Crippen molar-refractivity contribution in [3.8, 4) is 5.75 Å². The highest BCUT2D eigenvalue weighted by Crippen LogP contribution is 2.15. The average Bonchev–Trinajstić information content (AvgIpc) is 3.49. The van der Waals surface area contributed by atoms with Crippen LogP contribution in [-0.2, 0) is 19.6 Å². The molecule has 4 rings (SSSR count). The number of para-hydroxylation sites is 1. The Morgan fingerprint density at radius 1 is 0.939 bits per heavy atom. The minimum absolute atomic E-state index is 0.0671. The van der Waals surface area contributed by atoms with Crippen molar-refractivity contribution < 1.29 is 18.7 Å². The third-order valence-electron chi connectivity index (χ3n) is 5.00. The number of nitrogens with one attached hydrogen (secondary N) is 2. The van der Waals surface area contributed by atoms with E-state index in [-0.39, 0.29) is 12.4 Å². The number of benzene rings is 2. The molecule has 33 heavy (non-hydrogen) atoms. The number of amides is 2. The van der Waals surface area contributed by atoms with Crippen molar-refractivity contribution in [1.29, 1.82) is 0 Å². The first-order chi connectivity index (χ1) is 16.1. The number of furan rings is 1. The van der Waals surface area contributed by atoms with Gasteiger partial charge in [0.05, 0.1) is 24.0 Å². The maximum absolute atomic E-state index is 12.7. The van der Waals surface area contributed by atoms with Crippen LogP contribution in [0.5, 0.6) is 5.75 Å². The number of nitrogens with zero attached hydrogens (tertiary/aromatic N) is 2. The van der Waals surface area contributed by atoms with Crippen LogP contribution in [0.2, 0.25) is 0 Å². The maximum Gasteiger partial charge on any atom is 0.305 e. The van der Waals surface area contributed by atoms with E-state index >= 15 is 0 Å². The van der Waals surface area contributed by atoms with Crippen molar-refractivity contribution in [2.24, 2.45) is 0 Å². The fourth-order valence-corrected chi connectivity index (χ4v) is 3.36. The van der Waals surface area contributed by atoms with E-state index in [9.17, 15) is 9.59 Å². The van der Waals surface area contributed by atoms with Crippen LogP contribution in [0.25, 0.3) is 0 Å². The second kappa shape index (κ2) is 10.3. The first-order valence-electron chi connectivity index (χ1n) is 10.6. The summed E-state index contributed by atoms with van der Waals surface area (Å²) in [5, 5.41) is 4.35. The van der Waals surface area contributed by atoms with E-state index in [1.165, 1.54) is 12.3 Å². The number of carbonyl (C=O) groups excluding carboxylic acids is 2. The smallest absolute Gasteiger partial charge is 0.305 e. The van der Waals surface area contributed by atoms with Crippen LogP contribution in [-0.4, -0.2) is 21.6 Å². The zero-order valence-electron chi connectivity index (χ0n) is 18.2. The third-order valence-corrected chi connectivity index (χ3v) is 5.00. The maximum atomic E-state index is 12.7. The Balaban J connectivity index is 1.33. The molecule has 8 heteroatoms. The van der Waals surface area contributed by atoms with Gasteiger partial charge in [0.1, 0.15) is 18.1 Å². The second-order valence-electron chi connectivity index (χ2n) is 7.28. The molecule has 0 atom stereocenters. The van der Waals surface area contributed by atoms with Gasteiger partial charge in [0.2, 0.25) is 0 Å². The molecule has 0 aliphatic carbocycles. The summed E-state index contributed by atoms with van der Waals surface area (Å²) in [4.78, 5) is 25.0. The Kier molecular flexibility index (Phi) is 6.84. The first-order valence-corrected chi connectivity index (χ1v) is 10.6. The molecule has 2 aromatic heterocycles. The largest absolute Gasteiger partial charge is 0.486 e. The van der Waals surface area contributed by atoms with Crippen LogP contribution in [0.3, 0.4) is 0 Å². The van der Waals surface area contributed by atoms with E-state index in [0.717, 1.165) is 11.3 Å². The highest BCUT2D eigenvalue weighted by atomic mass is 16.5. The van der Waals surface area contributed by atoms with Crippen LogP contribution in [0.15, 0.2) is 83.4 Å². The molecular weight excluding hydrogens is 420 g/mol. The predicted molar refractivity (Wildman–Crippen MR) is 122 cm³/mol. The fourth-order valence-electron chi connectivity index (χ4n) is 3.36. The lowest BCUT2D eigenvalue weighted by atomic mass is 10.2. The standard InChI is InChI=1S/C25H24N4O4/c1-2-22-21(15-26-29(22)16-18-9-5-3-6-10-18)24(30)27-28-25(31)23-14-13-20(33-23)17-32-19-11-7-4-8-12-19/h3-15H,2,16-17H2,1H3,(H,27,30)(H,28,31). The van der Waals surface area contributed by atoms with Gasteiger partial charge >= 0.3 is 5.91 Å². The molecule has 0 aliphatic rings. The average molecular weight is 444 g/mol. The lowest BCUT2D eigenvalue weighted by molar-refractivity contribution is 0.0828. The van der Waals surface area contributed by atoms with Crippen LogP contribution in [0, 0.1) is 0 Å². The van der Waals surface area contributed by atoms with Crippen molar-refractivity contribution >= 4 is 11.8 Å². The number of hydrogen-bond donors (Lipinski definition) is 2. The van der Waals surface area contributed by atoms with E-state index < -0.39 is 11.8 Å². The van der Waals surface area contributed by atoms with E-state index in [4.69, 9.17) is 9.15 Å². The van der Waals surface area contributed by atoms with Gasteiger partial charge in [-0.25, -0.2) is 0 Å². The number of carbonyl (C=O) groups is 2. The summed E-state index contributed by atoms with van der Waals surface area (Å²) >= 11 is 0. The zero-order chi connectivity index (χ0) is 23.0. The molecule has 168 valence electrons. The van der Waals surface area contributed by atoms with Crippen molar-refractivity contribution in [2.45, 2.75) is 26.5 Å². The van der Waals surface area contributed by atoms with Gasteiger partial charge in [0.25, 0.3) is 5.91 Å². The van der Waals surface area contributed by atoms with E-state index in [1.807, 2.05) is 67.6 Å².